The highest BCUT2D eigenvalue weighted by atomic mass is 79.9. The summed E-state index contributed by atoms with van der Waals surface area (Å²) >= 11 is 9.68. The second-order valence-corrected chi connectivity index (χ2v) is 7.71. The van der Waals surface area contributed by atoms with Crippen LogP contribution in [0.25, 0.3) is 0 Å². The molecule has 132 valence electrons. The van der Waals surface area contributed by atoms with Gasteiger partial charge in [0, 0.05) is 22.6 Å². The Balaban J connectivity index is 1.87. The molecule has 0 aromatic heterocycles. The molecule has 3 N–H and O–H groups in total. The van der Waals surface area contributed by atoms with Crippen LogP contribution in [0.3, 0.4) is 0 Å². The molecule has 0 spiro atoms. The van der Waals surface area contributed by atoms with Crippen LogP contribution in [-0.2, 0) is 0 Å². The quantitative estimate of drug-likeness (QED) is 0.658. The van der Waals surface area contributed by atoms with E-state index in [1.165, 1.54) is 6.42 Å². The second-order valence-electron chi connectivity index (χ2n) is 6.39. The Hall–Kier alpha value is -1.72. The number of anilines is 3. The number of nitrogen functional groups attached to an aromatic ring is 1. The number of nitrogens with one attached hydrogen (secondary N) is 1. The second kappa shape index (κ2) is 7.67. The molecule has 1 saturated heterocycles. The number of amides is 1. The summed E-state index contributed by atoms with van der Waals surface area (Å²) in [5.41, 5.74) is 8.92. The molecule has 2 aromatic carbocycles. The van der Waals surface area contributed by atoms with Crippen molar-refractivity contribution in [3.05, 3.63) is 51.5 Å². The number of piperidine rings is 1. The van der Waals surface area contributed by atoms with Crippen LogP contribution in [0.15, 0.2) is 40.9 Å². The van der Waals surface area contributed by atoms with E-state index < -0.39 is 0 Å². The highest BCUT2D eigenvalue weighted by Gasteiger charge is 2.22. The summed E-state index contributed by atoms with van der Waals surface area (Å²) in [6.45, 7) is 3.17. The van der Waals surface area contributed by atoms with E-state index in [2.05, 4.69) is 33.1 Å². The van der Waals surface area contributed by atoms with Crippen LogP contribution in [0.2, 0.25) is 5.02 Å². The van der Waals surface area contributed by atoms with Gasteiger partial charge in [-0.1, -0.05) is 27.5 Å². The molecule has 0 unspecified atom stereocenters. The van der Waals surface area contributed by atoms with E-state index in [4.69, 9.17) is 17.3 Å². The zero-order chi connectivity index (χ0) is 18.0. The molecule has 3 rings (SSSR count). The SMILES string of the molecule is C[C@@H]1CCCCN1c1cc(NC(=O)c2ccc(Br)cc2)c(Cl)cc1N. The van der Waals surface area contributed by atoms with Crippen molar-refractivity contribution in [3.63, 3.8) is 0 Å². The minimum atomic E-state index is -0.197. The van der Waals surface area contributed by atoms with E-state index in [0.29, 0.717) is 28.0 Å². The van der Waals surface area contributed by atoms with Crippen LogP contribution >= 0.6 is 27.5 Å². The zero-order valence-corrected chi connectivity index (χ0v) is 16.4. The van der Waals surface area contributed by atoms with E-state index in [1.54, 1.807) is 18.2 Å². The summed E-state index contributed by atoms with van der Waals surface area (Å²) in [5.74, 6) is -0.197. The van der Waals surface area contributed by atoms with Gasteiger partial charge in [0.15, 0.2) is 0 Å². The highest BCUT2D eigenvalue weighted by molar-refractivity contribution is 9.10. The molecule has 0 bridgehead atoms. The Morgan fingerprint density at radius 1 is 1.28 bits per heavy atom. The molecule has 1 heterocycles. The fourth-order valence-corrected chi connectivity index (χ4v) is 3.66. The molecule has 1 atom stereocenters. The summed E-state index contributed by atoms with van der Waals surface area (Å²) in [5, 5.41) is 3.34. The summed E-state index contributed by atoms with van der Waals surface area (Å²) < 4.78 is 0.927. The topological polar surface area (TPSA) is 58.4 Å². The molecule has 0 aliphatic carbocycles. The van der Waals surface area contributed by atoms with Crippen LogP contribution in [0.5, 0.6) is 0 Å². The van der Waals surface area contributed by atoms with Gasteiger partial charge in [0.05, 0.1) is 22.1 Å². The van der Waals surface area contributed by atoms with E-state index >= 15 is 0 Å². The number of rotatable bonds is 3. The lowest BCUT2D eigenvalue weighted by atomic mass is 10.0. The Morgan fingerprint density at radius 3 is 2.68 bits per heavy atom. The molecule has 25 heavy (non-hydrogen) atoms. The molecule has 1 aliphatic heterocycles. The number of hydrogen-bond donors (Lipinski definition) is 2. The summed E-state index contributed by atoms with van der Waals surface area (Å²) in [6.07, 6.45) is 3.52. The summed E-state index contributed by atoms with van der Waals surface area (Å²) in [4.78, 5) is 14.8. The van der Waals surface area contributed by atoms with Crippen LogP contribution in [-0.4, -0.2) is 18.5 Å². The third-order valence-electron chi connectivity index (χ3n) is 4.58. The highest BCUT2D eigenvalue weighted by Crippen LogP contribution is 2.36. The van der Waals surface area contributed by atoms with Crippen LogP contribution < -0.4 is 16.0 Å². The molecule has 1 fully saturated rings. The smallest absolute Gasteiger partial charge is 0.255 e. The third kappa shape index (κ3) is 4.10. The maximum atomic E-state index is 12.5. The monoisotopic (exact) mass is 421 g/mol. The fraction of sp³-hybridized carbons (Fsp3) is 0.316. The summed E-state index contributed by atoms with van der Waals surface area (Å²) in [6, 6.07) is 11.2. The first-order valence-corrected chi connectivity index (χ1v) is 9.55. The first-order chi connectivity index (χ1) is 12.0. The molecule has 0 saturated carbocycles. The number of nitrogens with zero attached hydrogens (tertiary/aromatic N) is 1. The van der Waals surface area contributed by atoms with Gasteiger partial charge in [0.25, 0.3) is 5.91 Å². The number of carbonyl (C=O) groups excluding carboxylic acids is 1. The number of carbonyl (C=O) groups is 1. The number of nitrogens with two attached hydrogens (primary N) is 1. The Kier molecular flexibility index (Phi) is 5.54. The molecule has 1 aliphatic rings. The largest absolute Gasteiger partial charge is 0.397 e. The van der Waals surface area contributed by atoms with Crippen molar-refractivity contribution in [3.8, 4) is 0 Å². The maximum absolute atomic E-state index is 12.5. The van der Waals surface area contributed by atoms with Crippen molar-refractivity contribution in [1.29, 1.82) is 0 Å². The first-order valence-electron chi connectivity index (χ1n) is 8.38. The van der Waals surface area contributed by atoms with E-state index in [-0.39, 0.29) is 5.91 Å². The minimum absolute atomic E-state index is 0.197. The van der Waals surface area contributed by atoms with Crippen molar-refractivity contribution < 1.29 is 4.79 Å². The van der Waals surface area contributed by atoms with Gasteiger partial charge in [0.1, 0.15) is 0 Å². The first kappa shape index (κ1) is 18.1. The summed E-state index contributed by atoms with van der Waals surface area (Å²) in [7, 11) is 0. The lowest BCUT2D eigenvalue weighted by Gasteiger charge is -2.36. The van der Waals surface area contributed by atoms with Gasteiger partial charge in [-0.3, -0.25) is 4.79 Å². The molecule has 1 amide bonds. The number of hydrogen-bond acceptors (Lipinski definition) is 3. The molecular weight excluding hydrogens is 402 g/mol. The molecule has 6 heteroatoms. The minimum Gasteiger partial charge on any atom is -0.397 e. The van der Waals surface area contributed by atoms with E-state index in [1.807, 2.05) is 18.2 Å². The normalized spacial score (nSPS) is 17.4. The average Bonchev–Trinajstić information content (AvgIpc) is 2.58. The Labute approximate surface area is 161 Å². The Morgan fingerprint density at radius 2 is 2.00 bits per heavy atom. The predicted octanol–water partition coefficient (Wildman–Crippen LogP) is 5.32. The molecular formula is C19H21BrClN3O. The van der Waals surface area contributed by atoms with Crippen LogP contribution in [0.4, 0.5) is 17.1 Å². The Bertz CT molecular complexity index is 779. The fourth-order valence-electron chi connectivity index (χ4n) is 3.17. The molecule has 4 nitrogen and oxygen atoms in total. The lowest BCUT2D eigenvalue weighted by molar-refractivity contribution is 0.102. The predicted molar refractivity (Wildman–Crippen MR) is 109 cm³/mol. The average molecular weight is 423 g/mol. The van der Waals surface area contributed by atoms with E-state index in [0.717, 1.165) is 29.5 Å². The lowest BCUT2D eigenvalue weighted by Crippen LogP contribution is -2.37. The third-order valence-corrected chi connectivity index (χ3v) is 5.42. The number of benzene rings is 2. The molecule has 2 aromatic rings. The van der Waals surface area contributed by atoms with Crippen LogP contribution in [0, 0.1) is 0 Å². The standard InChI is InChI=1S/C19H21BrClN3O/c1-12-4-2-3-9-24(12)18-11-17(15(21)10-16(18)22)23-19(25)13-5-7-14(20)8-6-13/h5-8,10-12H,2-4,9,22H2,1H3,(H,23,25)/t12-/m1/s1. The van der Waals surface area contributed by atoms with Gasteiger partial charge in [0.2, 0.25) is 0 Å². The van der Waals surface area contributed by atoms with Gasteiger partial charge in [-0.05, 0) is 62.6 Å². The zero-order valence-electron chi connectivity index (χ0n) is 14.1. The van der Waals surface area contributed by atoms with Gasteiger partial charge >= 0.3 is 0 Å². The van der Waals surface area contributed by atoms with Gasteiger partial charge in [-0.15, -0.1) is 0 Å². The van der Waals surface area contributed by atoms with Gasteiger partial charge < -0.3 is 16.0 Å². The van der Waals surface area contributed by atoms with Gasteiger partial charge in [-0.25, -0.2) is 0 Å². The maximum Gasteiger partial charge on any atom is 0.255 e. The van der Waals surface area contributed by atoms with Crippen molar-refractivity contribution in [2.24, 2.45) is 0 Å². The van der Waals surface area contributed by atoms with Gasteiger partial charge in [-0.2, -0.15) is 0 Å². The number of halogens is 2. The van der Waals surface area contributed by atoms with Crippen molar-refractivity contribution in [2.45, 2.75) is 32.2 Å². The van der Waals surface area contributed by atoms with Crippen molar-refractivity contribution in [1.82, 2.24) is 0 Å². The molecule has 0 radical (unpaired) electrons. The van der Waals surface area contributed by atoms with Crippen molar-refractivity contribution in [2.75, 3.05) is 22.5 Å². The van der Waals surface area contributed by atoms with Crippen molar-refractivity contribution >= 4 is 50.5 Å². The van der Waals surface area contributed by atoms with E-state index in [9.17, 15) is 4.79 Å². The van der Waals surface area contributed by atoms with Crippen LogP contribution in [0.1, 0.15) is 36.5 Å².